The summed E-state index contributed by atoms with van der Waals surface area (Å²) >= 11 is 0. The van der Waals surface area contributed by atoms with Crippen LogP contribution in [0.4, 0.5) is 14.5 Å². The topological polar surface area (TPSA) is 181 Å². The first-order valence-electron chi connectivity index (χ1n) is 9.53. The smallest absolute Gasteiger partial charge is 0.441 e. The van der Waals surface area contributed by atoms with Crippen molar-refractivity contribution in [3.63, 3.8) is 0 Å². The normalized spacial score (nSPS) is 18.8. The van der Waals surface area contributed by atoms with Crippen molar-refractivity contribution >= 4 is 35.0 Å². The standard InChI is InChI=1S/C19H19F2N5O7/c1-8(13-12(17(28)24-13)9(2)23-18(29)16(20)21)15(27)14(25-22)19(30)33-7-10-3-5-11(6-4-10)26(31)32/h3-6,8-9,12-13,16H,7H2,1-2H3,(H,23,29)(H,24,28)/t8?,9?,12-,13-/m1/s1. The van der Waals surface area contributed by atoms with Gasteiger partial charge in [0.15, 0.2) is 0 Å². The van der Waals surface area contributed by atoms with Gasteiger partial charge < -0.3 is 20.9 Å². The molecule has 2 amide bonds. The maximum atomic E-state index is 12.7. The Morgan fingerprint density at radius 1 is 1.27 bits per heavy atom. The highest BCUT2D eigenvalue weighted by atomic mass is 19.3. The van der Waals surface area contributed by atoms with E-state index in [1.807, 2.05) is 5.32 Å². The number of nitrogens with one attached hydrogen (secondary N) is 2. The van der Waals surface area contributed by atoms with E-state index in [9.17, 15) is 38.1 Å². The monoisotopic (exact) mass is 467 g/mol. The lowest BCUT2D eigenvalue weighted by Crippen LogP contribution is -2.68. The molecule has 1 fully saturated rings. The number of β-lactam (4-membered cyclic amide) rings is 1. The molecule has 14 heteroatoms. The summed E-state index contributed by atoms with van der Waals surface area (Å²) in [7, 11) is 0. The number of amides is 2. The molecule has 1 aliphatic rings. The van der Waals surface area contributed by atoms with E-state index in [2.05, 4.69) is 10.1 Å². The lowest BCUT2D eigenvalue weighted by atomic mass is 9.75. The quantitative estimate of drug-likeness (QED) is 0.0729. The fourth-order valence-corrected chi connectivity index (χ4v) is 3.27. The van der Waals surface area contributed by atoms with E-state index >= 15 is 0 Å². The Bertz CT molecular complexity index is 1020. The highest BCUT2D eigenvalue weighted by Gasteiger charge is 2.51. The summed E-state index contributed by atoms with van der Waals surface area (Å²) in [6.07, 6.45) is -3.29. The van der Waals surface area contributed by atoms with Gasteiger partial charge in [-0.3, -0.25) is 24.5 Å². The van der Waals surface area contributed by atoms with E-state index < -0.39 is 64.5 Å². The number of esters is 1. The number of ketones is 1. The molecule has 1 aromatic carbocycles. The molecule has 1 saturated heterocycles. The van der Waals surface area contributed by atoms with E-state index in [1.54, 1.807) is 0 Å². The first-order chi connectivity index (χ1) is 15.5. The van der Waals surface area contributed by atoms with Crippen LogP contribution in [0.5, 0.6) is 0 Å². The van der Waals surface area contributed by atoms with Gasteiger partial charge in [-0.15, -0.1) is 0 Å². The van der Waals surface area contributed by atoms with Crippen molar-refractivity contribution in [1.82, 2.24) is 10.6 Å². The zero-order valence-corrected chi connectivity index (χ0v) is 17.4. The van der Waals surface area contributed by atoms with Gasteiger partial charge in [0.25, 0.3) is 17.4 Å². The van der Waals surface area contributed by atoms with Crippen LogP contribution in [0.2, 0.25) is 0 Å². The van der Waals surface area contributed by atoms with E-state index in [0.717, 1.165) is 0 Å². The molecule has 176 valence electrons. The zero-order valence-electron chi connectivity index (χ0n) is 17.4. The molecule has 1 heterocycles. The van der Waals surface area contributed by atoms with Gasteiger partial charge >= 0.3 is 18.1 Å². The second-order valence-corrected chi connectivity index (χ2v) is 7.26. The van der Waals surface area contributed by atoms with Gasteiger partial charge in [0.2, 0.25) is 5.91 Å². The van der Waals surface area contributed by atoms with Gasteiger partial charge in [0.05, 0.1) is 16.9 Å². The number of Topliss-reactive ketones (excluding diaryl/α,β-unsaturated/α-hetero) is 1. The third-order valence-electron chi connectivity index (χ3n) is 5.10. The molecular weight excluding hydrogens is 448 g/mol. The Morgan fingerprint density at radius 3 is 2.36 bits per heavy atom. The lowest BCUT2D eigenvalue weighted by Gasteiger charge is -2.42. The van der Waals surface area contributed by atoms with E-state index in [4.69, 9.17) is 10.3 Å². The average Bonchev–Trinajstić information content (AvgIpc) is 2.75. The Hall–Kier alpha value is -4.06. The van der Waals surface area contributed by atoms with Crippen LogP contribution in [0.1, 0.15) is 19.4 Å². The Balaban J connectivity index is 2.02. The van der Waals surface area contributed by atoms with Crippen LogP contribution in [0, 0.1) is 22.0 Å². The molecule has 12 nitrogen and oxygen atoms in total. The molecule has 0 aromatic heterocycles. The number of hydrogen-bond acceptors (Lipinski definition) is 7. The van der Waals surface area contributed by atoms with E-state index in [0.29, 0.717) is 5.56 Å². The number of carbonyl (C=O) groups excluding carboxylic acids is 4. The number of ether oxygens (including phenoxy) is 1. The van der Waals surface area contributed by atoms with Crippen LogP contribution < -0.4 is 10.6 Å². The molecule has 0 spiro atoms. The fraction of sp³-hybridized carbons (Fsp3) is 0.421. The molecule has 2 rings (SSSR count). The summed E-state index contributed by atoms with van der Waals surface area (Å²) in [6.45, 7) is 2.25. The molecule has 4 atom stereocenters. The minimum Gasteiger partial charge on any atom is -0.452 e. The Labute approximate surface area is 185 Å². The highest BCUT2D eigenvalue weighted by molar-refractivity contribution is 6.62. The number of alkyl halides is 2. The van der Waals surface area contributed by atoms with Crippen molar-refractivity contribution < 1.29 is 42.4 Å². The minimum absolute atomic E-state index is 0.178. The molecule has 0 radical (unpaired) electrons. The molecule has 1 aliphatic heterocycles. The minimum atomic E-state index is -3.29. The maximum absolute atomic E-state index is 12.7. The number of nitrogens with zero attached hydrogens (tertiary/aromatic N) is 3. The van der Waals surface area contributed by atoms with Gasteiger partial charge in [0.1, 0.15) is 6.61 Å². The van der Waals surface area contributed by atoms with Crippen molar-refractivity contribution in [2.75, 3.05) is 0 Å². The van der Waals surface area contributed by atoms with Crippen LogP contribution in [-0.2, 0) is 30.5 Å². The molecular formula is C19H19F2N5O7. The Kier molecular flexibility index (Phi) is 8.02. The third-order valence-corrected chi connectivity index (χ3v) is 5.10. The summed E-state index contributed by atoms with van der Waals surface area (Å²) < 4.78 is 29.8. The van der Waals surface area contributed by atoms with Crippen molar-refractivity contribution in [2.24, 2.45) is 11.8 Å². The van der Waals surface area contributed by atoms with Crippen molar-refractivity contribution in [3.8, 4) is 0 Å². The third kappa shape index (κ3) is 5.80. The second kappa shape index (κ2) is 10.5. The highest BCUT2D eigenvalue weighted by Crippen LogP contribution is 2.26. The Morgan fingerprint density at radius 2 is 1.88 bits per heavy atom. The fourth-order valence-electron chi connectivity index (χ4n) is 3.27. The summed E-state index contributed by atoms with van der Waals surface area (Å²) in [6, 6.07) is 3.06. The number of nitro benzene ring substituents is 1. The summed E-state index contributed by atoms with van der Waals surface area (Å²) in [5.74, 6) is -6.61. The summed E-state index contributed by atoms with van der Waals surface area (Å²) in [4.78, 5) is 60.7. The number of rotatable bonds is 10. The van der Waals surface area contributed by atoms with Crippen LogP contribution in [0.15, 0.2) is 24.3 Å². The van der Waals surface area contributed by atoms with Crippen LogP contribution in [0.25, 0.3) is 5.53 Å². The molecule has 33 heavy (non-hydrogen) atoms. The number of hydrogen-bond donors (Lipinski definition) is 2. The van der Waals surface area contributed by atoms with Crippen LogP contribution in [0.3, 0.4) is 0 Å². The molecule has 0 saturated carbocycles. The van der Waals surface area contributed by atoms with Crippen LogP contribution >= 0.6 is 0 Å². The van der Waals surface area contributed by atoms with Gasteiger partial charge in [-0.1, -0.05) is 6.92 Å². The first kappa shape index (κ1) is 25.2. The summed E-state index contributed by atoms with van der Waals surface area (Å²) in [5.41, 5.74) is 8.37. The van der Waals surface area contributed by atoms with Crippen molar-refractivity contribution in [3.05, 3.63) is 45.5 Å². The number of carbonyl (C=O) groups is 4. The SMILES string of the molecule is CC(C(=O)C(=[N+]=[N-])C(=O)OCc1ccc([N+](=O)[O-])cc1)[C@H]1NC(=O)[C@@H]1C(C)NC(=O)C(F)F. The second-order valence-electron chi connectivity index (χ2n) is 7.26. The molecule has 0 aliphatic carbocycles. The predicted molar refractivity (Wildman–Crippen MR) is 105 cm³/mol. The molecule has 2 unspecified atom stereocenters. The predicted octanol–water partition coefficient (Wildman–Crippen LogP) is 0.398. The number of benzene rings is 1. The van der Waals surface area contributed by atoms with E-state index in [1.165, 1.54) is 38.1 Å². The summed E-state index contributed by atoms with van der Waals surface area (Å²) in [5, 5.41) is 15.0. The molecule has 1 aromatic rings. The molecule has 2 N–H and O–H groups in total. The number of non-ortho nitro benzene ring substituents is 1. The lowest BCUT2D eigenvalue weighted by molar-refractivity contribution is -0.384. The maximum Gasteiger partial charge on any atom is 0.441 e. The van der Waals surface area contributed by atoms with Crippen molar-refractivity contribution in [2.45, 2.75) is 39.0 Å². The van der Waals surface area contributed by atoms with Crippen molar-refractivity contribution in [1.29, 1.82) is 0 Å². The average molecular weight is 467 g/mol. The molecule has 0 bridgehead atoms. The zero-order chi connectivity index (χ0) is 24.9. The van der Waals surface area contributed by atoms with E-state index in [-0.39, 0.29) is 12.3 Å². The van der Waals surface area contributed by atoms with Crippen LogP contribution in [-0.4, -0.2) is 57.5 Å². The van der Waals surface area contributed by atoms with Gasteiger partial charge in [-0.2, -0.15) is 13.6 Å². The van der Waals surface area contributed by atoms with Gasteiger partial charge in [0, 0.05) is 24.1 Å². The first-order valence-corrected chi connectivity index (χ1v) is 9.53. The van der Waals surface area contributed by atoms with Gasteiger partial charge in [-0.25, -0.2) is 4.79 Å². The van der Waals surface area contributed by atoms with Gasteiger partial charge in [-0.05, 0) is 24.6 Å². The largest absolute Gasteiger partial charge is 0.452 e. The number of nitro groups is 1. The number of halogens is 2.